The van der Waals surface area contributed by atoms with E-state index in [0.717, 1.165) is 5.56 Å². The molecule has 1 atom stereocenters. The zero-order valence-electron chi connectivity index (χ0n) is 6.92. The summed E-state index contributed by atoms with van der Waals surface area (Å²) in [5.74, 6) is -0.344. The van der Waals surface area contributed by atoms with Gasteiger partial charge < -0.3 is 10.8 Å². The zero-order valence-corrected chi connectivity index (χ0v) is 6.92. The Labute approximate surface area is 70.8 Å². The van der Waals surface area contributed by atoms with Gasteiger partial charge in [0, 0.05) is 6.04 Å². The van der Waals surface area contributed by atoms with E-state index < -0.39 is 0 Å². The molecule has 0 aliphatic carbocycles. The van der Waals surface area contributed by atoms with Gasteiger partial charge in [-0.15, -0.1) is 0 Å². The number of hydrogen-bond acceptors (Lipinski definition) is 2. The molecule has 0 saturated heterocycles. The third-order valence-corrected chi connectivity index (χ3v) is 1.77. The van der Waals surface area contributed by atoms with Crippen LogP contribution in [0.1, 0.15) is 24.1 Å². The summed E-state index contributed by atoms with van der Waals surface area (Å²) in [6.07, 6.45) is 0. The fourth-order valence-electron chi connectivity index (χ4n) is 1.16. The van der Waals surface area contributed by atoms with Crippen molar-refractivity contribution in [2.24, 2.45) is 5.73 Å². The second-order valence-corrected chi connectivity index (χ2v) is 2.79. The summed E-state index contributed by atoms with van der Waals surface area (Å²) >= 11 is 0. The molecule has 1 rings (SSSR count). The van der Waals surface area contributed by atoms with Crippen molar-refractivity contribution in [3.8, 4) is 0 Å². The zero-order chi connectivity index (χ0) is 9.14. The molecule has 0 fully saturated rings. The number of rotatable bonds is 2. The Balaban J connectivity index is 3.11. The first-order chi connectivity index (χ1) is 5.65. The number of halogens is 1. The van der Waals surface area contributed by atoms with E-state index in [1.54, 1.807) is 13.0 Å². The molecule has 0 aliphatic rings. The molecule has 0 radical (unpaired) electrons. The average Bonchev–Trinajstić information content (AvgIpc) is 2.03. The number of nitrogens with two attached hydrogens (primary N) is 1. The van der Waals surface area contributed by atoms with E-state index in [-0.39, 0.29) is 18.5 Å². The van der Waals surface area contributed by atoms with Gasteiger partial charge in [0.25, 0.3) is 0 Å². The quantitative estimate of drug-likeness (QED) is 0.701. The predicted molar refractivity (Wildman–Crippen MR) is 44.9 cm³/mol. The monoisotopic (exact) mass is 169 g/mol. The molecule has 0 spiro atoms. The summed E-state index contributed by atoms with van der Waals surface area (Å²) in [4.78, 5) is 0. The van der Waals surface area contributed by atoms with E-state index >= 15 is 0 Å². The van der Waals surface area contributed by atoms with Crippen LogP contribution in [0.3, 0.4) is 0 Å². The first-order valence-corrected chi connectivity index (χ1v) is 3.80. The van der Waals surface area contributed by atoms with Crippen LogP contribution in [0.4, 0.5) is 4.39 Å². The van der Waals surface area contributed by atoms with Crippen molar-refractivity contribution in [3.05, 3.63) is 35.1 Å². The number of benzene rings is 1. The van der Waals surface area contributed by atoms with E-state index in [9.17, 15) is 4.39 Å². The van der Waals surface area contributed by atoms with Gasteiger partial charge in [0.2, 0.25) is 0 Å². The molecule has 0 bridgehead atoms. The van der Waals surface area contributed by atoms with Gasteiger partial charge in [-0.2, -0.15) is 0 Å². The van der Waals surface area contributed by atoms with Gasteiger partial charge in [-0.25, -0.2) is 4.39 Å². The van der Waals surface area contributed by atoms with E-state index in [2.05, 4.69) is 0 Å². The summed E-state index contributed by atoms with van der Waals surface area (Å²) in [5.41, 5.74) is 6.96. The van der Waals surface area contributed by atoms with Crippen molar-refractivity contribution in [2.75, 3.05) is 0 Å². The second kappa shape index (κ2) is 3.65. The van der Waals surface area contributed by atoms with Gasteiger partial charge in [0.05, 0.1) is 6.61 Å². The van der Waals surface area contributed by atoms with Crippen molar-refractivity contribution < 1.29 is 9.50 Å². The smallest absolute Gasteiger partial charge is 0.123 e. The average molecular weight is 169 g/mol. The van der Waals surface area contributed by atoms with Crippen LogP contribution in [0.5, 0.6) is 0 Å². The van der Waals surface area contributed by atoms with Crippen molar-refractivity contribution in [3.63, 3.8) is 0 Å². The lowest BCUT2D eigenvalue weighted by atomic mass is 10.0. The summed E-state index contributed by atoms with van der Waals surface area (Å²) in [6, 6.07) is 4.08. The van der Waals surface area contributed by atoms with E-state index in [4.69, 9.17) is 10.8 Å². The van der Waals surface area contributed by atoms with Gasteiger partial charge in [-0.3, -0.25) is 0 Å². The van der Waals surface area contributed by atoms with Crippen LogP contribution in [0.25, 0.3) is 0 Å². The molecule has 0 aromatic heterocycles. The summed E-state index contributed by atoms with van der Waals surface area (Å²) in [6.45, 7) is 1.63. The van der Waals surface area contributed by atoms with Crippen molar-refractivity contribution >= 4 is 0 Å². The maximum atomic E-state index is 12.6. The van der Waals surface area contributed by atoms with Crippen LogP contribution >= 0.6 is 0 Å². The minimum Gasteiger partial charge on any atom is -0.392 e. The molecule has 0 amide bonds. The lowest BCUT2D eigenvalue weighted by molar-refractivity contribution is 0.279. The highest BCUT2D eigenvalue weighted by Crippen LogP contribution is 2.16. The highest BCUT2D eigenvalue weighted by molar-refractivity contribution is 5.29. The maximum Gasteiger partial charge on any atom is 0.123 e. The maximum absolute atomic E-state index is 12.6. The van der Waals surface area contributed by atoms with E-state index in [1.807, 2.05) is 0 Å². The highest BCUT2D eigenvalue weighted by Gasteiger charge is 2.06. The molecule has 3 heteroatoms. The van der Waals surface area contributed by atoms with Crippen LogP contribution in [0, 0.1) is 5.82 Å². The van der Waals surface area contributed by atoms with Crippen LogP contribution in [0.2, 0.25) is 0 Å². The molecule has 0 saturated carbocycles. The predicted octanol–water partition coefficient (Wildman–Crippen LogP) is 1.34. The van der Waals surface area contributed by atoms with Crippen molar-refractivity contribution in [2.45, 2.75) is 19.6 Å². The SMILES string of the molecule is CC(N)c1ccc(F)cc1CO. The molecule has 1 aromatic carbocycles. The molecule has 0 aliphatic heterocycles. The van der Waals surface area contributed by atoms with Crippen LogP contribution in [0.15, 0.2) is 18.2 Å². The molecule has 1 aromatic rings. The Morgan fingerprint density at radius 1 is 1.58 bits per heavy atom. The van der Waals surface area contributed by atoms with Gasteiger partial charge >= 0.3 is 0 Å². The molecule has 3 N–H and O–H groups in total. The largest absolute Gasteiger partial charge is 0.392 e. The van der Waals surface area contributed by atoms with Gasteiger partial charge in [-0.05, 0) is 30.2 Å². The van der Waals surface area contributed by atoms with Gasteiger partial charge in [0.15, 0.2) is 0 Å². The van der Waals surface area contributed by atoms with E-state index in [1.165, 1.54) is 12.1 Å². The molecule has 12 heavy (non-hydrogen) atoms. The molecule has 1 unspecified atom stereocenters. The van der Waals surface area contributed by atoms with Crippen LogP contribution in [-0.2, 0) is 6.61 Å². The topological polar surface area (TPSA) is 46.2 Å². The van der Waals surface area contributed by atoms with Crippen molar-refractivity contribution in [1.82, 2.24) is 0 Å². The standard InChI is InChI=1S/C9H12FNO/c1-6(11)9-3-2-8(10)4-7(9)5-12/h2-4,6,12H,5,11H2,1H3. The molecular weight excluding hydrogens is 157 g/mol. The summed E-state index contributed by atoms with van der Waals surface area (Å²) in [7, 11) is 0. The Morgan fingerprint density at radius 3 is 2.75 bits per heavy atom. The minimum atomic E-state index is -0.344. The Bertz CT molecular complexity index is 273. The number of hydrogen-bond donors (Lipinski definition) is 2. The molecular formula is C9H12FNO. The number of aliphatic hydroxyl groups is 1. The third kappa shape index (κ3) is 1.81. The third-order valence-electron chi connectivity index (χ3n) is 1.77. The molecule has 0 heterocycles. The van der Waals surface area contributed by atoms with E-state index in [0.29, 0.717) is 5.56 Å². The Morgan fingerprint density at radius 2 is 2.25 bits per heavy atom. The number of aliphatic hydroxyl groups excluding tert-OH is 1. The van der Waals surface area contributed by atoms with Crippen LogP contribution < -0.4 is 5.73 Å². The highest BCUT2D eigenvalue weighted by atomic mass is 19.1. The fraction of sp³-hybridized carbons (Fsp3) is 0.333. The minimum absolute atomic E-state index is 0.172. The first-order valence-electron chi connectivity index (χ1n) is 3.80. The normalized spacial score (nSPS) is 13.0. The fourth-order valence-corrected chi connectivity index (χ4v) is 1.16. The van der Waals surface area contributed by atoms with Gasteiger partial charge in [-0.1, -0.05) is 6.07 Å². The lowest BCUT2D eigenvalue weighted by Crippen LogP contribution is -2.08. The second-order valence-electron chi connectivity index (χ2n) is 2.79. The molecule has 66 valence electrons. The van der Waals surface area contributed by atoms with Crippen LogP contribution in [-0.4, -0.2) is 5.11 Å². The van der Waals surface area contributed by atoms with Crippen molar-refractivity contribution in [1.29, 1.82) is 0 Å². The summed E-state index contributed by atoms with van der Waals surface area (Å²) < 4.78 is 12.6. The summed E-state index contributed by atoms with van der Waals surface area (Å²) in [5, 5.41) is 8.87. The Kier molecular flexibility index (Phi) is 2.78. The van der Waals surface area contributed by atoms with Gasteiger partial charge in [0.1, 0.15) is 5.82 Å². The first kappa shape index (κ1) is 9.16. The lowest BCUT2D eigenvalue weighted by Gasteiger charge is -2.10. The Hall–Kier alpha value is -0.930. The molecule has 2 nitrogen and oxygen atoms in total.